The average Bonchev–Trinajstić information content (AvgIpc) is 2.56. The van der Waals surface area contributed by atoms with Crippen LogP contribution in [0.3, 0.4) is 0 Å². The molecule has 2 saturated heterocycles. The zero-order valence-electron chi connectivity index (χ0n) is 13.0. The summed E-state index contributed by atoms with van der Waals surface area (Å²) >= 11 is 0. The highest BCUT2D eigenvalue weighted by molar-refractivity contribution is 5.82. The van der Waals surface area contributed by atoms with Gasteiger partial charge >= 0.3 is 0 Å². The molecule has 0 aromatic rings. The van der Waals surface area contributed by atoms with E-state index in [0.717, 1.165) is 25.9 Å². The lowest BCUT2D eigenvalue weighted by molar-refractivity contribution is -0.160. The largest absolute Gasteiger partial charge is 0.376 e. The molecular weight excluding hydrogens is 272 g/mol. The van der Waals surface area contributed by atoms with E-state index in [1.807, 2.05) is 23.6 Å². The van der Waals surface area contributed by atoms with E-state index in [9.17, 15) is 9.59 Å². The summed E-state index contributed by atoms with van der Waals surface area (Å²) < 4.78 is 10.7. The lowest BCUT2D eigenvalue weighted by atomic mass is 9.95. The fourth-order valence-corrected chi connectivity index (χ4v) is 2.97. The van der Waals surface area contributed by atoms with E-state index >= 15 is 0 Å². The Hall–Kier alpha value is -1.14. The molecule has 0 saturated carbocycles. The molecule has 2 amide bonds. The average molecular weight is 298 g/mol. The maximum Gasteiger partial charge on any atom is 0.254 e. The Morgan fingerprint density at radius 2 is 1.81 bits per heavy atom. The van der Waals surface area contributed by atoms with Crippen LogP contribution in [0.25, 0.3) is 0 Å². The predicted octanol–water partition coefficient (Wildman–Crippen LogP) is 0.509. The molecule has 2 heterocycles. The van der Waals surface area contributed by atoms with Gasteiger partial charge in [-0.25, -0.2) is 0 Å². The quantitative estimate of drug-likeness (QED) is 0.759. The monoisotopic (exact) mass is 298 g/mol. The first-order valence-corrected chi connectivity index (χ1v) is 7.94. The molecule has 2 fully saturated rings. The molecule has 2 aliphatic heterocycles. The van der Waals surface area contributed by atoms with Crippen LogP contribution in [0, 0.1) is 5.92 Å². The van der Waals surface area contributed by atoms with Gasteiger partial charge in [-0.15, -0.1) is 0 Å². The first kappa shape index (κ1) is 16.2. The van der Waals surface area contributed by atoms with E-state index in [-0.39, 0.29) is 17.7 Å². The number of carbonyl (C=O) groups is 2. The molecule has 0 spiro atoms. The minimum absolute atomic E-state index is 0.00318. The van der Waals surface area contributed by atoms with E-state index in [1.54, 1.807) is 0 Å². The molecule has 0 radical (unpaired) electrons. The van der Waals surface area contributed by atoms with Crippen molar-refractivity contribution in [3.8, 4) is 0 Å². The van der Waals surface area contributed by atoms with Crippen LogP contribution in [0.15, 0.2) is 0 Å². The highest BCUT2D eigenvalue weighted by Gasteiger charge is 2.33. The number of hydrogen-bond acceptors (Lipinski definition) is 4. The smallest absolute Gasteiger partial charge is 0.254 e. The molecule has 0 bridgehead atoms. The maximum absolute atomic E-state index is 12.3. The van der Waals surface area contributed by atoms with Crippen LogP contribution in [-0.4, -0.2) is 73.7 Å². The minimum Gasteiger partial charge on any atom is -0.376 e. The summed E-state index contributed by atoms with van der Waals surface area (Å²) in [4.78, 5) is 28.3. The molecule has 0 aliphatic carbocycles. The summed E-state index contributed by atoms with van der Waals surface area (Å²) in [6.45, 7) is 8.16. The van der Waals surface area contributed by atoms with Gasteiger partial charge in [0, 0.05) is 32.1 Å². The molecule has 21 heavy (non-hydrogen) atoms. The fraction of sp³-hybridized carbons (Fsp3) is 0.867. The molecule has 1 unspecified atom stereocenters. The molecule has 2 rings (SSSR count). The molecule has 1 atom stereocenters. The highest BCUT2D eigenvalue weighted by Crippen LogP contribution is 2.21. The molecule has 2 aliphatic rings. The van der Waals surface area contributed by atoms with Crippen LogP contribution >= 0.6 is 0 Å². The van der Waals surface area contributed by atoms with E-state index in [1.165, 1.54) is 0 Å². The Labute approximate surface area is 126 Å². The van der Waals surface area contributed by atoms with E-state index in [0.29, 0.717) is 32.9 Å². The van der Waals surface area contributed by atoms with Gasteiger partial charge in [-0.3, -0.25) is 9.59 Å². The second-order valence-electron chi connectivity index (χ2n) is 5.54. The first-order chi connectivity index (χ1) is 10.2. The van der Waals surface area contributed by atoms with Gasteiger partial charge in [-0.1, -0.05) is 0 Å². The SMILES string of the molecule is CCN(CC)C(=O)C1CCN(C(=O)C2COCCO2)CC1. The lowest BCUT2D eigenvalue weighted by Gasteiger charge is -2.36. The number of piperidine rings is 1. The summed E-state index contributed by atoms with van der Waals surface area (Å²) in [5.41, 5.74) is 0. The van der Waals surface area contributed by atoms with Gasteiger partial charge in [0.1, 0.15) is 0 Å². The third-order valence-electron chi connectivity index (χ3n) is 4.32. The normalized spacial score (nSPS) is 23.9. The van der Waals surface area contributed by atoms with Crippen LogP contribution in [0.2, 0.25) is 0 Å². The van der Waals surface area contributed by atoms with Crippen molar-refractivity contribution < 1.29 is 19.1 Å². The molecular formula is C15H26N2O4. The standard InChI is InChI=1S/C15H26N2O4/c1-3-16(4-2)14(18)12-5-7-17(8-6-12)15(19)13-11-20-9-10-21-13/h12-13H,3-11H2,1-2H3. The van der Waals surface area contributed by atoms with Gasteiger partial charge in [-0.05, 0) is 26.7 Å². The van der Waals surface area contributed by atoms with E-state index in [4.69, 9.17) is 9.47 Å². The predicted molar refractivity (Wildman–Crippen MR) is 77.8 cm³/mol. The van der Waals surface area contributed by atoms with E-state index < -0.39 is 6.10 Å². The van der Waals surface area contributed by atoms with Crippen molar-refractivity contribution >= 4 is 11.8 Å². The number of rotatable bonds is 4. The summed E-state index contributed by atoms with van der Waals surface area (Å²) in [6, 6.07) is 0. The Morgan fingerprint density at radius 3 is 2.33 bits per heavy atom. The van der Waals surface area contributed by atoms with Crippen molar-refractivity contribution in [1.29, 1.82) is 0 Å². The number of ether oxygens (including phenoxy) is 2. The van der Waals surface area contributed by atoms with Gasteiger partial charge in [0.05, 0.1) is 19.8 Å². The Kier molecular flexibility index (Phi) is 5.99. The van der Waals surface area contributed by atoms with Crippen molar-refractivity contribution in [2.24, 2.45) is 5.92 Å². The Morgan fingerprint density at radius 1 is 1.14 bits per heavy atom. The topological polar surface area (TPSA) is 59.1 Å². The number of likely N-dealkylation sites (tertiary alicyclic amines) is 1. The van der Waals surface area contributed by atoms with Gasteiger partial charge in [0.15, 0.2) is 6.10 Å². The summed E-state index contributed by atoms with van der Waals surface area (Å²) in [6.07, 6.45) is 1.03. The molecule has 0 aromatic carbocycles. The second kappa shape index (κ2) is 7.75. The Bertz CT molecular complexity index is 357. The lowest BCUT2D eigenvalue weighted by Crippen LogP contribution is -2.50. The third-order valence-corrected chi connectivity index (χ3v) is 4.32. The van der Waals surface area contributed by atoms with Gasteiger partial charge in [-0.2, -0.15) is 0 Å². The number of amides is 2. The second-order valence-corrected chi connectivity index (χ2v) is 5.54. The molecule has 6 nitrogen and oxygen atoms in total. The number of hydrogen-bond donors (Lipinski definition) is 0. The molecule has 0 N–H and O–H groups in total. The Balaban J connectivity index is 1.82. The van der Waals surface area contributed by atoms with Gasteiger partial charge in [0.2, 0.25) is 5.91 Å². The van der Waals surface area contributed by atoms with Crippen LogP contribution in [-0.2, 0) is 19.1 Å². The summed E-state index contributed by atoms with van der Waals surface area (Å²) in [7, 11) is 0. The number of carbonyl (C=O) groups excluding carboxylic acids is 2. The van der Waals surface area contributed by atoms with Crippen molar-refractivity contribution in [2.75, 3.05) is 46.0 Å². The first-order valence-electron chi connectivity index (χ1n) is 7.94. The van der Waals surface area contributed by atoms with Crippen LogP contribution < -0.4 is 0 Å². The molecule has 120 valence electrons. The summed E-state index contributed by atoms with van der Waals surface area (Å²) in [5, 5.41) is 0. The molecule has 6 heteroatoms. The van der Waals surface area contributed by atoms with E-state index in [2.05, 4.69) is 0 Å². The van der Waals surface area contributed by atoms with Crippen molar-refractivity contribution in [2.45, 2.75) is 32.8 Å². The third kappa shape index (κ3) is 3.95. The fourth-order valence-electron chi connectivity index (χ4n) is 2.97. The van der Waals surface area contributed by atoms with Crippen molar-refractivity contribution in [3.05, 3.63) is 0 Å². The van der Waals surface area contributed by atoms with Gasteiger partial charge in [0.25, 0.3) is 5.91 Å². The van der Waals surface area contributed by atoms with Crippen LogP contribution in [0.1, 0.15) is 26.7 Å². The van der Waals surface area contributed by atoms with Crippen molar-refractivity contribution in [3.63, 3.8) is 0 Å². The maximum atomic E-state index is 12.3. The minimum atomic E-state index is -0.464. The van der Waals surface area contributed by atoms with Gasteiger partial charge < -0.3 is 19.3 Å². The number of nitrogens with zero attached hydrogens (tertiary/aromatic N) is 2. The van der Waals surface area contributed by atoms with Crippen molar-refractivity contribution in [1.82, 2.24) is 9.80 Å². The van der Waals surface area contributed by atoms with Crippen LogP contribution in [0.5, 0.6) is 0 Å². The summed E-state index contributed by atoms with van der Waals surface area (Å²) in [5.74, 6) is 0.283. The highest BCUT2D eigenvalue weighted by atomic mass is 16.6. The van der Waals surface area contributed by atoms with Crippen LogP contribution in [0.4, 0.5) is 0 Å². The zero-order valence-corrected chi connectivity index (χ0v) is 13.0. The molecule has 0 aromatic heterocycles. The zero-order chi connectivity index (χ0) is 15.2.